The second kappa shape index (κ2) is 5.46. The predicted octanol–water partition coefficient (Wildman–Crippen LogP) is 3.37. The molecule has 2 aromatic heterocycles. The highest BCUT2D eigenvalue weighted by Crippen LogP contribution is 2.17. The van der Waals surface area contributed by atoms with E-state index in [4.69, 9.17) is 4.74 Å². The molecule has 0 aliphatic rings. The van der Waals surface area contributed by atoms with Crippen LogP contribution in [0.1, 0.15) is 5.56 Å². The molecule has 0 N–H and O–H groups in total. The highest BCUT2D eigenvalue weighted by molar-refractivity contribution is 14.1. The second-order valence-corrected chi connectivity index (χ2v) is 4.82. The zero-order valence-electron chi connectivity index (χ0n) is 8.02. The summed E-state index contributed by atoms with van der Waals surface area (Å²) in [4.78, 5) is 4.16. The van der Waals surface area contributed by atoms with Gasteiger partial charge >= 0.3 is 0 Å². The first-order chi connectivity index (χ1) is 7.36. The van der Waals surface area contributed by atoms with Crippen LogP contribution in [0.5, 0.6) is 5.75 Å². The molecule has 2 rings (SSSR count). The van der Waals surface area contributed by atoms with E-state index in [-0.39, 0.29) is 0 Å². The lowest BCUT2D eigenvalue weighted by Crippen LogP contribution is -2.02. The number of pyridine rings is 1. The van der Waals surface area contributed by atoms with Crippen LogP contribution in [0.3, 0.4) is 0 Å². The van der Waals surface area contributed by atoms with Gasteiger partial charge in [0.05, 0.1) is 6.61 Å². The minimum Gasteiger partial charge on any atom is -0.490 e. The third kappa shape index (κ3) is 3.17. The van der Waals surface area contributed by atoms with E-state index in [1.807, 2.05) is 12.1 Å². The number of aromatic nitrogens is 1. The fraction of sp³-hybridized carbons (Fsp3) is 0.182. The van der Waals surface area contributed by atoms with Crippen LogP contribution in [0.2, 0.25) is 0 Å². The molecule has 4 heteroatoms. The van der Waals surface area contributed by atoms with Crippen LogP contribution >= 0.6 is 33.9 Å². The topological polar surface area (TPSA) is 22.1 Å². The Morgan fingerprint density at radius 3 is 3.07 bits per heavy atom. The van der Waals surface area contributed by atoms with Crippen LogP contribution in [0, 0.1) is 3.70 Å². The van der Waals surface area contributed by atoms with Crippen LogP contribution < -0.4 is 4.74 Å². The monoisotopic (exact) mass is 331 g/mol. The maximum atomic E-state index is 5.64. The molecule has 15 heavy (non-hydrogen) atoms. The van der Waals surface area contributed by atoms with Crippen molar-refractivity contribution in [1.29, 1.82) is 0 Å². The largest absolute Gasteiger partial charge is 0.490 e. The van der Waals surface area contributed by atoms with Gasteiger partial charge in [-0.1, -0.05) is 0 Å². The summed E-state index contributed by atoms with van der Waals surface area (Å²) in [5, 5.41) is 4.24. The van der Waals surface area contributed by atoms with Gasteiger partial charge in [-0.15, -0.1) is 0 Å². The zero-order chi connectivity index (χ0) is 10.5. The first-order valence-electron chi connectivity index (χ1n) is 4.60. The summed E-state index contributed by atoms with van der Waals surface area (Å²) in [6.45, 7) is 0.707. The highest BCUT2D eigenvalue weighted by Gasteiger charge is 2.00. The molecule has 0 radical (unpaired) electrons. The fourth-order valence-corrected chi connectivity index (χ4v) is 2.39. The lowest BCUT2D eigenvalue weighted by molar-refractivity contribution is 0.318. The Balaban J connectivity index is 1.86. The molecule has 2 aromatic rings. The Morgan fingerprint density at radius 1 is 1.40 bits per heavy atom. The molecular weight excluding hydrogens is 321 g/mol. The molecule has 0 unspecified atom stereocenters. The molecule has 0 fully saturated rings. The average molecular weight is 331 g/mol. The Morgan fingerprint density at radius 2 is 2.33 bits per heavy atom. The molecule has 78 valence electrons. The van der Waals surface area contributed by atoms with E-state index in [9.17, 15) is 0 Å². The van der Waals surface area contributed by atoms with Crippen molar-refractivity contribution in [1.82, 2.24) is 4.98 Å². The molecule has 0 aliphatic heterocycles. The Bertz CT molecular complexity index is 416. The number of thiophene rings is 1. The number of rotatable bonds is 4. The maximum absolute atomic E-state index is 5.64. The van der Waals surface area contributed by atoms with Gasteiger partial charge < -0.3 is 4.74 Å². The summed E-state index contributed by atoms with van der Waals surface area (Å²) in [6, 6.07) is 5.96. The Hall–Kier alpha value is -0.620. The molecule has 0 saturated carbocycles. The van der Waals surface area contributed by atoms with Crippen molar-refractivity contribution in [2.75, 3.05) is 6.61 Å². The van der Waals surface area contributed by atoms with Crippen molar-refractivity contribution in [2.45, 2.75) is 6.42 Å². The minimum absolute atomic E-state index is 0.707. The van der Waals surface area contributed by atoms with E-state index < -0.39 is 0 Å². The molecule has 0 aromatic carbocycles. The van der Waals surface area contributed by atoms with Crippen LogP contribution in [-0.4, -0.2) is 11.6 Å². The summed E-state index contributed by atoms with van der Waals surface area (Å²) in [5.41, 5.74) is 1.33. The Kier molecular flexibility index (Phi) is 3.96. The number of hydrogen-bond acceptors (Lipinski definition) is 3. The molecular formula is C11H10INOS. The predicted molar refractivity (Wildman–Crippen MR) is 70.5 cm³/mol. The van der Waals surface area contributed by atoms with Crippen LogP contribution in [0.15, 0.2) is 35.2 Å². The minimum atomic E-state index is 0.707. The smallest absolute Gasteiger partial charge is 0.151 e. The lowest BCUT2D eigenvalue weighted by atomic mass is 10.3. The van der Waals surface area contributed by atoms with Crippen LogP contribution in [0.4, 0.5) is 0 Å². The summed E-state index contributed by atoms with van der Waals surface area (Å²) in [5.74, 6) is 0.869. The average Bonchev–Trinajstić information content (AvgIpc) is 2.74. The van der Waals surface area contributed by atoms with Gasteiger partial charge in [-0.25, -0.2) is 4.98 Å². The number of ether oxygens (including phenoxy) is 1. The van der Waals surface area contributed by atoms with Crippen molar-refractivity contribution < 1.29 is 4.74 Å². The maximum Gasteiger partial charge on any atom is 0.151 e. The van der Waals surface area contributed by atoms with Crippen molar-refractivity contribution in [3.63, 3.8) is 0 Å². The number of halogens is 1. The van der Waals surface area contributed by atoms with Gasteiger partial charge in [-0.3, -0.25) is 0 Å². The van der Waals surface area contributed by atoms with E-state index in [0.717, 1.165) is 15.9 Å². The van der Waals surface area contributed by atoms with Gasteiger partial charge in [0, 0.05) is 12.6 Å². The number of hydrogen-bond donors (Lipinski definition) is 0. The molecule has 0 atom stereocenters. The molecule has 0 amide bonds. The quantitative estimate of drug-likeness (QED) is 0.633. The molecule has 0 spiro atoms. The van der Waals surface area contributed by atoms with E-state index in [2.05, 4.69) is 44.4 Å². The van der Waals surface area contributed by atoms with Gasteiger partial charge in [0.15, 0.2) is 5.75 Å². The number of nitrogens with zero attached hydrogens (tertiary/aromatic N) is 1. The van der Waals surface area contributed by atoms with Gasteiger partial charge in [0.1, 0.15) is 3.70 Å². The highest BCUT2D eigenvalue weighted by atomic mass is 127. The van der Waals surface area contributed by atoms with E-state index in [1.165, 1.54) is 5.56 Å². The standard InChI is InChI=1S/C11H10INOS/c12-11-10(2-1-5-13-11)14-6-3-9-4-7-15-8-9/h1-2,4-5,7-8H,3,6H2. The van der Waals surface area contributed by atoms with E-state index in [0.29, 0.717) is 6.61 Å². The Labute approximate surface area is 106 Å². The van der Waals surface area contributed by atoms with Crippen molar-refractivity contribution in [3.05, 3.63) is 44.4 Å². The molecule has 0 aliphatic carbocycles. The molecule has 2 nitrogen and oxygen atoms in total. The first kappa shape index (κ1) is 10.9. The molecule has 2 heterocycles. The van der Waals surface area contributed by atoms with Gasteiger partial charge in [0.25, 0.3) is 0 Å². The molecule has 0 saturated heterocycles. The molecule has 0 bridgehead atoms. The van der Waals surface area contributed by atoms with Crippen molar-refractivity contribution in [3.8, 4) is 5.75 Å². The van der Waals surface area contributed by atoms with E-state index >= 15 is 0 Å². The van der Waals surface area contributed by atoms with Gasteiger partial charge in [0.2, 0.25) is 0 Å². The summed E-state index contributed by atoms with van der Waals surface area (Å²) >= 11 is 3.90. The summed E-state index contributed by atoms with van der Waals surface area (Å²) < 4.78 is 6.56. The zero-order valence-corrected chi connectivity index (χ0v) is 11.0. The van der Waals surface area contributed by atoms with E-state index in [1.54, 1.807) is 17.5 Å². The van der Waals surface area contributed by atoms with Crippen molar-refractivity contribution >= 4 is 33.9 Å². The van der Waals surface area contributed by atoms with Gasteiger partial charge in [-0.05, 0) is 57.1 Å². The third-order valence-electron chi connectivity index (χ3n) is 1.95. The lowest BCUT2D eigenvalue weighted by Gasteiger charge is -2.05. The third-order valence-corrected chi connectivity index (χ3v) is 3.50. The summed E-state index contributed by atoms with van der Waals surface area (Å²) in [7, 11) is 0. The second-order valence-electron chi connectivity index (χ2n) is 3.02. The van der Waals surface area contributed by atoms with Crippen LogP contribution in [-0.2, 0) is 6.42 Å². The normalized spacial score (nSPS) is 10.2. The fourth-order valence-electron chi connectivity index (χ4n) is 1.19. The SMILES string of the molecule is Ic1ncccc1OCCc1ccsc1. The summed E-state index contributed by atoms with van der Waals surface area (Å²) in [6.07, 6.45) is 2.72. The van der Waals surface area contributed by atoms with Crippen LogP contribution in [0.25, 0.3) is 0 Å². The van der Waals surface area contributed by atoms with Crippen molar-refractivity contribution in [2.24, 2.45) is 0 Å². The van der Waals surface area contributed by atoms with Gasteiger partial charge in [-0.2, -0.15) is 11.3 Å². The first-order valence-corrected chi connectivity index (χ1v) is 6.63.